The Hall–Kier alpha value is -3.10. The Balaban J connectivity index is 1.65. The fraction of sp³-hybridized carbons (Fsp3) is 0.211. The van der Waals surface area contributed by atoms with Gasteiger partial charge in [-0.1, -0.05) is 0 Å². The minimum atomic E-state index is -4.18. The number of benzene rings is 2. The first-order valence-electron chi connectivity index (χ1n) is 8.76. The number of halogens is 3. The second-order valence-electron chi connectivity index (χ2n) is 6.11. The van der Waals surface area contributed by atoms with Crippen LogP contribution in [0.2, 0.25) is 0 Å². The molecule has 0 aliphatic heterocycles. The molecule has 0 aliphatic carbocycles. The summed E-state index contributed by atoms with van der Waals surface area (Å²) in [5, 5.41) is 14.5. The zero-order valence-corrected chi connectivity index (χ0v) is 17.0. The van der Waals surface area contributed by atoms with Crippen LogP contribution in [0.5, 0.6) is 5.75 Å². The molecule has 11 heteroatoms. The lowest BCUT2D eigenvalue weighted by Gasteiger charge is -2.09. The average Bonchev–Trinajstić information content (AvgIpc) is 3.05. The van der Waals surface area contributed by atoms with Gasteiger partial charge in [-0.05, 0) is 61.1 Å². The van der Waals surface area contributed by atoms with E-state index in [1.165, 1.54) is 11.3 Å². The number of guanidine groups is 1. The van der Waals surface area contributed by atoms with Gasteiger partial charge in [-0.15, -0.1) is 11.3 Å². The Kier molecular flexibility index (Phi) is 6.91. The molecular weight excluding hydrogens is 435 g/mol. The van der Waals surface area contributed by atoms with Gasteiger partial charge in [0.25, 0.3) is 0 Å². The van der Waals surface area contributed by atoms with Crippen molar-refractivity contribution in [3.05, 3.63) is 46.4 Å². The molecule has 156 valence electrons. The molecule has 0 amide bonds. The molecule has 0 unspecified atom stereocenters. The third-order valence-electron chi connectivity index (χ3n) is 3.81. The number of nitrogens with zero attached hydrogens (tertiary/aromatic N) is 2. The van der Waals surface area contributed by atoms with E-state index in [0.717, 1.165) is 15.9 Å². The lowest BCUT2D eigenvalue weighted by Crippen LogP contribution is -2.26. The molecule has 3 aromatic rings. The highest BCUT2D eigenvalue weighted by molar-refractivity contribution is 7.73. The molecular formula is C19H16F3N5OS2. The topological polar surface area (TPSA) is 85.2 Å². The normalized spacial score (nSPS) is 11.9. The van der Waals surface area contributed by atoms with Crippen LogP contribution in [-0.2, 0) is 0 Å². The molecule has 6 nitrogen and oxygen atoms in total. The molecule has 2 aromatic carbocycles. The number of alkyl halides is 3. The van der Waals surface area contributed by atoms with Crippen LogP contribution in [0.1, 0.15) is 12.8 Å². The van der Waals surface area contributed by atoms with Crippen molar-refractivity contribution in [2.24, 2.45) is 4.99 Å². The number of fused-ring (bicyclic) bond motifs is 1. The molecule has 0 atom stereocenters. The Bertz CT molecular complexity index is 1130. The quantitative estimate of drug-likeness (QED) is 0.109. The van der Waals surface area contributed by atoms with Gasteiger partial charge in [0, 0.05) is 12.1 Å². The van der Waals surface area contributed by atoms with Gasteiger partial charge in [0.05, 0.1) is 22.5 Å². The second-order valence-corrected chi connectivity index (χ2v) is 7.83. The molecule has 0 bridgehead atoms. The van der Waals surface area contributed by atoms with Crippen LogP contribution in [-0.4, -0.2) is 23.7 Å². The molecule has 3 rings (SSSR count). The summed E-state index contributed by atoms with van der Waals surface area (Å²) >= 11 is 6.57. The van der Waals surface area contributed by atoms with E-state index >= 15 is 0 Å². The van der Waals surface area contributed by atoms with Crippen molar-refractivity contribution in [2.45, 2.75) is 19.0 Å². The minimum Gasteiger partial charge on any atom is -0.494 e. The number of anilines is 1. The van der Waals surface area contributed by atoms with Crippen molar-refractivity contribution < 1.29 is 17.9 Å². The number of hydrogen-bond acceptors (Lipinski definition) is 5. The van der Waals surface area contributed by atoms with Gasteiger partial charge in [-0.25, -0.2) is 4.99 Å². The molecule has 1 aromatic heterocycles. The summed E-state index contributed by atoms with van der Waals surface area (Å²) in [6.07, 6.45) is -3.34. The smallest absolute Gasteiger partial charge is 0.389 e. The van der Waals surface area contributed by atoms with Crippen molar-refractivity contribution >= 4 is 51.1 Å². The van der Waals surface area contributed by atoms with Crippen LogP contribution in [0.3, 0.4) is 0 Å². The van der Waals surface area contributed by atoms with E-state index in [1.807, 2.05) is 24.4 Å². The maximum atomic E-state index is 12.1. The Labute approximate surface area is 179 Å². The highest BCUT2D eigenvalue weighted by Crippen LogP contribution is 2.24. The SMILES string of the molecule is N#CNC(=Nc1ccc(OCCCC(F)(F)F)cc1)Nc1ccc2[nH]c(=S)sc2c1. The number of aromatic nitrogens is 1. The van der Waals surface area contributed by atoms with Gasteiger partial charge in [0.15, 0.2) is 10.1 Å². The van der Waals surface area contributed by atoms with Gasteiger partial charge < -0.3 is 15.0 Å². The lowest BCUT2D eigenvalue weighted by atomic mass is 10.3. The number of rotatable bonds is 6. The molecule has 0 saturated carbocycles. The maximum absolute atomic E-state index is 12.1. The molecule has 0 aliphatic rings. The predicted molar refractivity (Wildman–Crippen MR) is 114 cm³/mol. The van der Waals surface area contributed by atoms with E-state index in [0.29, 0.717) is 15.4 Å². The number of nitriles is 1. The number of ether oxygens (including phenoxy) is 1. The Morgan fingerprint density at radius 2 is 2.00 bits per heavy atom. The van der Waals surface area contributed by atoms with Crippen LogP contribution in [0, 0.1) is 15.4 Å². The number of nitrogens with one attached hydrogen (secondary N) is 3. The lowest BCUT2D eigenvalue weighted by molar-refractivity contribution is -0.136. The molecule has 1 heterocycles. The first-order chi connectivity index (χ1) is 14.3. The summed E-state index contributed by atoms with van der Waals surface area (Å²) in [7, 11) is 0. The summed E-state index contributed by atoms with van der Waals surface area (Å²) in [5.74, 6) is 0.660. The number of H-pyrrole nitrogens is 1. The van der Waals surface area contributed by atoms with Gasteiger partial charge in [-0.3, -0.25) is 5.32 Å². The van der Waals surface area contributed by atoms with Crippen molar-refractivity contribution in [1.29, 1.82) is 5.26 Å². The first kappa shape index (κ1) is 21.6. The van der Waals surface area contributed by atoms with E-state index in [9.17, 15) is 13.2 Å². The standard InChI is InChI=1S/C19H16F3N5OS2/c20-19(21,22)8-1-9-28-14-5-2-12(3-6-14)25-17(24-11-23)26-13-4-7-15-16(10-13)30-18(29)27-15/h2-7,10H,1,8-9H2,(H,27,29)(H2,24,25,26). The monoisotopic (exact) mass is 451 g/mol. The zero-order valence-electron chi connectivity index (χ0n) is 15.4. The van der Waals surface area contributed by atoms with E-state index in [-0.39, 0.29) is 19.0 Å². The van der Waals surface area contributed by atoms with Crippen molar-refractivity contribution in [3.8, 4) is 11.9 Å². The van der Waals surface area contributed by atoms with E-state index in [1.54, 1.807) is 24.3 Å². The van der Waals surface area contributed by atoms with Crippen LogP contribution >= 0.6 is 23.6 Å². The summed E-state index contributed by atoms with van der Waals surface area (Å²) in [6, 6.07) is 12.1. The third kappa shape index (κ3) is 6.47. The van der Waals surface area contributed by atoms with Crippen LogP contribution in [0.4, 0.5) is 24.5 Å². The predicted octanol–water partition coefficient (Wildman–Crippen LogP) is 5.85. The largest absolute Gasteiger partial charge is 0.494 e. The van der Waals surface area contributed by atoms with Crippen molar-refractivity contribution in [3.63, 3.8) is 0 Å². The first-order valence-corrected chi connectivity index (χ1v) is 9.98. The fourth-order valence-electron chi connectivity index (χ4n) is 2.51. The summed E-state index contributed by atoms with van der Waals surface area (Å²) in [6.45, 7) is -0.0282. The van der Waals surface area contributed by atoms with Gasteiger partial charge in [0.1, 0.15) is 5.75 Å². The molecule has 0 saturated heterocycles. The number of thiazole rings is 1. The zero-order chi connectivity index (χ0) is 21.6. The molecule has 0 spiro atoms. The highest BCUT2D eigenvalue weighted by Gasteiger charge is 2.26. The molecule has 30 heavy (non-hydrogen) atoms. The molecule has 0 radical (unpaired) electrons. The van der Waals surface area contributed by atoms with E-state index in [2.05, 4.69) is 20.6 Å². The summed E-state index contributed by atoms with van der Waals surface area (Å²) in [5.41, 5.74) is 2.17. The average molecular weight is 451 g/mol. The second kappa shape index (κ2) is 9.60. The Morgan fingerprint density at radius 3 is 2.70 bits per heavy atom. The third-order valence-corrected chi connectivity index (χ3v) is 5.01. The maximum Gasteiger partial charge on any atom is 0.389 e. The van der Waals surface area contributed by atoms with Gasteiger partial charge in [-0.2, -0.15) is 18.4 Å². The van der Waals surface area contributed by atoms with E-state index in [4.69, 9.17) is 22.2 Å². The number of hydrogen-bond donors (Lipinski definition) is 3. The summed E-state index contributed by atoms with van der Waals surface area (Å²) < 4.78 is 43.4. The van der Waals surface area contributed by atoms with Crippen molar-refractivity contribution in [1.82, 2.24) is 10.3 Å². The molecule has 0 fully saturated rings. The van der Waals surface area contributed by atoms with Crippen LogP contribution < -0.4 is 15.4 Å². The van der Waals surface area contributed by atoms with Crippen molar-refractivity contribution in [2.75, 3.05) is 11.9 Å². The molecule has 3 N–H and O–H groups in total. The van der Waals surface area contributed by atoms with Gasteiger partial charge in [0.2, 0.25) is 5.96 Å². The number of aromatic amines is 1. The Morgan fingerprint density at radius 1 is 1.23 bits per heavy atom. The summed E-state index contributed by atoms with van der Waals surface area (Å²) in [4.78, 5) is 7.42. The van der Waals surface area contributed by atoms with Crippen LogP contribution in [0.15, 0.2) is 47.5 Å². The minimum absolute atomic E-state index is 0.0282. The number of aliphatic imine (C=N–C) groups is 1. The van der Waals surface area contributed by atoms with E-state index < -0.39 is 12.6 Å². The van der Waals surface area contributed by atoms with Crippen LogP contribution in [0.25, 0.3) is 10.2 Å². The van der Waals surface area contributed by atoms with Gasteiger partial charge >= 0.3 is 6.18 Å². The highest BCUT2D eigenvalue weighted by atomic mass is 32.1. The fourth-order valence-corrected chi connectivity index (χ4v) is 3.66.